The van der Waals surface area contributed by atoms with E-state index in [0.29, 0.717) is 38.4 Å². The average molecular weight is 346 g/mol. The van der Waals surface area contributed by atoms with Crippen molar-refractivity contribution in [3.8, 4) is 5.75 Å². The third kappa shape index (κ3) is 4.02. The summed E-state index contributed by atoms with van der Waals surface area (Å²) in [7, 11) is 1.63. The van der Waals surface area contributed by atoms with E-state index in [0.717, 1.165) is 30.7 Å². The first kappa shape index (κ1) is 17.9. The number of amides is 1. The highest BCUT2D eigenvalue weighted by atomic mass is 16.5. The van der Waals surface area contributed by atoms with Crippen molar-refractivity contribution in [2.24, 2.45) is 0 Å². The standard InChI is InChI=1S/C19H26N2O4/c1-14(22)15-5-6-18(24-2)16(12-15)13-21-7-3-4-17(21)19(23)20-8-10-25-11-9-20/h5-6,12,17H,3-4,7-11,13H2,1-2H3/t17-/m1/s1. The van der Waals surface area contributed by atoms with Gasteiger partial charge in [0.05, 0.1) is 26.4 Å². The van der Waals surface area contributed by atoms with E-state index in [1.54, 1.807) is 20.1 Å². The summed E-state index contributed by atoms with van der Waals surface area (Å²) in [6.45, 7) is 5.64. The number of benzene rings is 1. The van der Waals surface area contributed by atoms with Crippen molar-refractivity contribution in [2.75, 3.05) is 40.0 Å². The Labute approximate surface area is 148 Å². The average Bonchev–Trinajstić information content (AvgIpc) is 3.09. The zero-order valence-electron chi connectivity index (χ0n) is 15.0. The largest absolute Gasteiger partial charge is 0.496 e. The molecule has 2 aliphatic rings. The quantitative estimate of drug-likeness (QED) is 0.760. The molecule has 0 spiro atoms. The second kappa shape index (κ2) is 7.97. The molecular weight excluding hydrogens is 320 g/mol. The van der Waals surface area contributed by atoms with Crippen molar-refractivity contribution in [2.45, 2.75) is 32.4 Å². The first-order valence-corrected chi connectivity index (χ1v) is 8.88. The van der Waals surface area contributed by atoms with Crippen LogP contribution in [0.25, 0.3) is 0 Å². The van der Waals surface area contributed by atoms with E-state index in [-0.39, 0.29) is 17.7 Å². The Balaban J connectivity index is 1.75. The molecule has 0 bridgehead atoms. The van der Waals surface area contributed by atoms with Gasteiger partial charge in [0.15, 0.2) is 5.78 Å². The fraction of sp³-hybridized carbons (Fsp3) is 0.579. The van der Waals surface area contributed by atoms with Gasteiger partial charge in [-0.15, -0.1) is 0 Å². The summed E-state index contributed by atoms with van der Waals surface area (Å²) < 4.78 is 10.8. The smallest absolute Gasteiger partial charge is 0.240 e. The van der Waals surface area contributed by atoms with E-state index in [2.05, 4.69) is 4.90 Å². The number of likely N-dealkylation sites (tertiary alicyclic amines) is 1. The van der Waals surface area contributed by atoms with Crippen molar-refractivity contribution in [3.63, 3.8) is 0 Å². The number of rotatable bonds is 5. The van der Waals surface area contributed by atoms with Crippen molar-refractivity contribution in [1.82, 2.24) is 9.80 Å². The Morgan fingerprint density at radius 2 is 2.00 bits per heavy atom. The molecule has 0 aromatic heterocycles. The Morgan fingerprint density at radius 3 is 2.68 bits per heavy atom. The lowest BCUT2D eigenvalue weighted by atomic mass is 10.1. The van der Waals surface area contributed by atoms with E-state index >= 15 is 0 Å². The van der Waals surface area contributed by atoms with Gasteiger partial charge in [0.1, 0.15) is 5.75 Å². The van der Waals surface area contributed by atoms with Gasteiger partial charge in [-0.25, -0.2) is 0 Å². The second-order valence-corrected chi connectivity index (χ2v) is 6.65. The minimum Gasteiger partial charge on any atom is -0.496 e. The van der Waals surface area contributed by atoms with E-state index in [1.165, 1.54) is 0 Å². The lowest BCUT2D eigenvalue weighted by molar-refractivity contribution is -0.140. The first-order valence-electron chi connectivity index (χ1n) is 8.88. The normalized spacial score (nSPS) is 21.4. The number of nitrogens with zero attached hydrogens (tertiary/aromatic N) is 2. The summed E-state index contributed by atoms with van der Waals surface area (Å²) in [5.74, 6) is 0.989. The van der Waals surface area contributed by atoms with Crippen molar-refractivity contribution in [1.29, 1.82) is 0 Å². The number of carbonyl (C=O) groups excluding carboxylic acids is 2. The van der Waals surface area contributed by atoms with Crippen LogP contribution in [0.5, 0.6) is 5.75 Å². The molecule has 6 heteroatoms. The van der Waals surface area contributed by atoms with Gasteiger partial charge in [0.25, 0.3) is 0 Å². The molecular formula is C19H26N2O4. The molecule has 1 amide bonds. The summed E-state index contributed by atoms with van der Waals surface area (Å²) >= 11 is 0. The molecule has 0 radical (unpaired) electrons. The summed E-state index contributed by atoms with van der Waals surface area (Å²) in [6.07, 6.45) is 1.89. The van der Waals surface area contributed by atoms with Crippen molar-refractivity contribution < 1.29 is 19.1 Å². The van der Waals surface area contributed by atoms with Gasteiger partial charge in [-0.2, -0.15) is 0 Å². The molecule has 25 heavy (non-hydrogen) atoms. The zero-order chi connectivity index (χ0) is 17.8. The minimum absolute atomic E-state index is 0.0336. The second-order valence-electron chi connectivity index (χ2n) is 6.65. The van der Waals surface area contributed by atoms with Gasteiger partial charge in [0, 0.05) is 30.8 Å². The van der Waals surface area contributed by atoms with Crippen LogP contribution in [0.4, 0.5) is 0 Å². The summed E-state index contributed by atoms with van der Waals surface area (Å²) in [5.41, 5.74) is 1.63. The van der Waals surface area contributed by atoms with Gasteiger partial charge >= 0.3 is 0 Å². The Bertz CT molecular complexity index is 640. The fourth-order valence-corrected chi connectivity index (χ4v) is 3.63. The van der Waals surface area contributed by atoms with Crippen LogP contribution in [-0.2, 0) is 16.1 Å². The van der Waals surface area contributed by atoms with Gasteiger partial charge in [-0.3, -0.25) is 14.5 Å². The first-order chi connectivity index (χ1) is 12.1. The zero-order valence-corrected chi connectivity index (χ0v) is 15.0. The molecule has 2 heterocycles. The number of methoxy groups -OCH3 is 1. The van der Waals surface area contributed by atoms with Gasteiger partial charge in [0.2, 0.25) is 5.91 Å². The number of hydrogen-bond donors (Lipinski definition) is 0. The van der Waals surface area contributed by atoms with Crippen molar-refractivity contribution >= 4 is 11.7 Å². The maximum atomic E-state index is 12.9. The van der Waals surface area contributed by atoms with Crippen LogP contribution in [0.3, 0.4) is 0 Å². The molecule has 2 saturated heterocycles. The fourth-order valence-electron chi connectivity index (χ4n) is 3.63. The lowest BCUT2D eigenvalue weighted by Crippen LogP contribution is -2.49. The molecule has 1 aromatic carbocycles. The van der Waals surface area contributed by atoms with Gasteiger partial charge < -0.3 is 14.4 Å². The topological polar surface area (TPSA) is 59.1 Å². The number of ether oxygens (including phenoxy) is 2. The summed E-state index contributed by atoms with van der Waals surface area (Å²) in [6, 6.07) is 5.41. The molecule has 136 valence electrons. The molecule has 2 aliphatic heterocycles. The molecule has 0 aliphatic carbocycles. The summed E-state index contributed by atoms with van der Waals surface area (Å²) in [5, 5.41) is 0. The van der Waals surface area contributed by atoms with Crippen molar-refractivity contribution in [3.05, 3.63) is 29.3 Å². The van der Waals surface area contributed by atoms with Crippen LogP contribution in [-0.4, -0.2) is 67.5 Å². The van der Waals surface area contributed by atoms with Crippen LogP contribution in [0.2, 0.25) is 0 Å². The number of hydrogen-bond acceptors (Lipinski definition) is 5. The maximum Gasteiger partial charge on any atom is 0.240 e. The number of morpholine rings is 1. The summed E-state index contributed by atoms with van der Waals surface area (Å²) in [4.78, 5) is 28.7. The third-order valence-electron chi connectivity index (χ3n) is 5.03. The van der Waals surface area contributed by atoms with E-state index < -0.39 is 0 Å². The molecule has 2 fully saturated rings. The minimum atomic E-state index is -0.0937. The highest BCUT2D eigenvalue weighted by molar-refractivity contribution is 5.94. The van der Waals surface area contributed by atoms with Crippen LogP contribution in [0, 0.1) is 0 Å². The molecule has 1 atom stereocenters. The molecule has 0 saturated carbocycles. The van der Waals surface area contributed by atoms with E-state index in [4.69, 9.17) is 9.47 Å². The Morgan fingerprint density at radius 1 is 1.24 bits per heavy atom. The molecule has 0 unspecified atom stereocenters. The van der Waals surface area contributed by atoms with Crippen LogP contribution >= 0.6 is 0 Å². The molecule has 6 nitrogen and oxygen atoms in total. The van der Waals surface area contributed by atoms with Crippen LogP contribution in [0.1, 0.15) is 35.7 Å². The number of carbonyl (C=O) groups is 2. The lowest BCUT2D eigenvalue weighted by Gasteiger charge is -2.32. The third-order valence-corrected chi connectivity index (χ3v) is 5.03. The molecule has 0 N–H and O–H groups in total. The highest BCUT2D eigenvalue weighted by Gasteiger charge is 2.34. The number of ketones is 1. The Hall–Kier alpha value is -1.92. The van der Waals surface area contributed by atoms with Crippen LogP contribution in [0.15, 0.2) is 18.2 Å². The predicted octanol–water partition coefficient (Wildman–Crippen LogP) is 1.72. The van der Waals surface area contributed by atoms with Crippen LogP contribution < -0.4 is 4.74 Å². The predicted molar refractivity (Wildman–Crippen MR) is 93.8 cm³/mol. The number of Topliss-reactive ketones (excluding diaryl/α,β-unsaturated/α-hetero) is 1. The monoisotopic (exact) mass is 346 g/mol. The Kier molecular flexibility index (Phi) is 5.71. The SMILES string of the molecule is COc1ccc(C(C)=O)cc1CN1CCC[C@@H]1C(=O)N1CCOCC1. The molecule has 1 aromatic rings. The van der Waals surface area contributed by atoms with E-state index in [9.17, 15) is 9.59 Å². The van der Waals surface area contributed by atoms with Gasteiger partial charge in [-0.05, 0) is 44.5 Å². The highest BCUT2D eigenvalue weighted by Crippen LogP contribution is 2.27. The van der Waals surface area contributed by atoms with E-state index in [1.807, 2.05) is 17.0 Å². The van der Waals surface area contributed by atoms with Gasteiger partial charge in [-0.1, -0.05) is 0 Å². The maximum absolute atomic E-state index is 12.9. The molecule has 3 rings (SSSR count).